The number of fused-ring (bicyclic) bond motifs is 1. The van der Waals surface area contributed by atoms with E-state index in [-0.39, 0.29) is 12.5 Å². The van der Waals surface area contributed by atoms with Gasteiger partial charge in [-0.2, -0.15) is 5.10 Å². The van der Waals surface area contributed by atoms with Crippen LogP contribution in [0, 0.1) is 0 Å². The fourth-order valence-electron chi connectivity index (χ4n) is 2.72. The number of carbonyl (C=O) groups is 1. The summed E-state index contributed by atoms with van der Waals surface area (Å²) in [6.45, 7) is 1.58. The number of hydrogen-bond acceptors (Lipinski definition) is 5. The van der Waals surface area contributed by atoms with Crippen molar-refractivity contribution in [1.82, 2.24) is 25.0 Å². The van der Waals surface area contributed by atoms with Gasteiger partial charge < -0.3 is 15.0 Å². The number of nitrogens with one attached hydrogen (secondary N) is 1. The first kappa shape index (κ1) is 16.4. The van der Waals surface area contributed by atoms with Crippen molar-refractivity contribution >= 4 is 5.91 Å². The van der Waals surface area contributed by atoms with Crippen molar-refractivity contribution < 1.29 is 9.53 Å². The molecular weight excluding hydrogens is 306 g/mol. The zero-order valence-electron chi connectivity index (χ0n) is 14.1. The Morgan fingerprint density at radius 3 is 3.08 bits per heavy atom. The lowest BCUT2D eigenvalue weighted by atomic mass is 10.1. The molecule has 3 rings (SSSR count). The van der Waals surface area contributed by atoms with Crippen LogP contribution in [0.15, 0.2) is 30.6 Å². The summed E-state index contributed by atoms with van der Waals surface area (Å²) in [6.07, 6.45) is 3.59. The normalized spacial score (nSPS) is 16.5. The highest BCUT2D eigenvalue weighted by Gasteiger charge is 2.19. The number of aromatic nitrogens is 3. The van der Waals surface area contributed by atoms with Gasteiger partial charge in [-0.25, -0.2) is 9.67 Å². The topological polar surface area (TPSA) is 72.3 Å². The van der Waals surface area contributed by atoms with Gasteiger partial charge in [0, 0.05) is 38.7 Å². The van der Waals surface area contributed by atoms with Gasteiger partial charge in [-0.15, -0.1) is 0 Å². The molecule has 2 aromatic rings. The molecule has 0 unspecified atom stereocenters. The zero-order chi connectivity index (χ0) is 16.9. The third-order valence-electron chi connectivity index (χ3n) is 4.21. The van der Waals surface area contributed by atoms with Gasteiger partial charge in [-0.3, -0.25) is 4.79 Å². The molecule has 0 saturated heterocycles. The molecule has 0 radical (unpaired) electrons. The first-order chi connectivity index (χ1) is 11.6. The molecule has 1 N–H and O–H groups in total. The number of ether oxygens (including phenoxy) is 1. The molecule has 7 nitrogen and oxygen atoms in total. The molecule has 1 atom stereocenters. The third kappa shape index (κ3) is 3.91. The molecule has 1 aromatic carbocycles. The Balaban J connectivity index is 1.56. The fourth-order valence-corrected chi connectivity index (χ4v) is 2.72. The Morgan fingerprint density at radius 1 is 1.42 bits per heavy atom. The molecule has 1 aliphatic heterocycles. The van der Waals surface area contributed by atoms with E-state index >= 15 is 0 Å². The highest BCUT2D eigenvalue weighted by molar-refractivity contribution is 5.77. The quantitative estimate of drug-likeness (QED) is 0.851. The zero-order valence-corrected chi connectivity index (χ0v) is 14.1. The lowest BCUT2D eigenvalue weighted by molar-refractivity contribution is -0.130. The standard InChI is InChI=1S/C17H23N5O2/c1-21(2)17(23)11-24-15-6-4-3-5-13(15)9-18-14-7-8-16-19-12-20-22(16)10-14/h3-6,12,14,18H,7-11H2,1-2H3/t14-/m0/s1. The van der Waals surface area contributed by atoms with Gasteiger partial charge in [0.1, 0.15) is 17.9 Å². The van der Waals surface area contributed by atoms with Crippen LogP contribution in [0.4, 0.5) is 0 Å². The summed E-state index contributed by atoms with van der Waals surface area (Å²) >= 11 is 0. The number of nitrogens with zero attached hydrogens (tertiary/aromatic N) is 4. The molecular formula is C17H23N5O2. The van der Waals surface area contributed by atoms with Crippen LogP contribution in [0.1, 0.15) is 17.8 Å². The average Bonchev–Trinajstić information content (AvgIpc) is 3.06. The third-order valence-corrected chi connectivity index (χ3v) is 4.21. The molecule has 1 amide bonds. The van der Waals surface area contributed by atoms with Crippen molar-refractivity contribution in [3.8, 4) is 5.75 Å². The van der Waals surface area contributed by atoms with Crippen molar-refractivity contribution in [2.75, 3.05) is 20.7 Å². The summed E-state index contributed by atoms with van der Waals surface area (Å²) in [6, 6.07) is 8.17. The SMILES string of the molecule is CN(C)C(=O)COc1ccccc1CN[C@H]1CCc2ncnn2C1. The molecule has 128 valence electrons. The average molecular weight is 329 g/mol. The van der Waals surface area contributed by atoms with Crippen molar-refractivity contribution in [3.63, 3.8) is 0 Å². The van der Waals surface area contributed by atoms with E-state index in [0.29, 0.717) is 12.6 Å². The van der Waals surface area contributed by atoms with Crippen LogP contribution in [0.25, 0.3) is 0 Å². The van der Waals surface area contributed by atoms with Gasteiger partial charge >= 0.3 is 0 Å². The smallest absolute Gasteiger partial charge is 0.259 e. The molecule has 0 spiro atoms. The predicted molar refractivity (Wildman–Crippen MR) is 89.6 cm³/mol. The van der Waals surface area contributed by atoms with E-state index in [2.05, 4.69) is 15.4 Å². The second-order valence-electron chi connectivity index (χ2n) is 6.16. The molecule has 0 aliphatic carbocycles. The maximum absolute atomic E-state index is 11.7. The van der Waals surface area contributed by atoms with Crippen LogP contribution >= 0.6 is 0 Å². The van der Waals surface area contributed by atoms with E-state index in [4.69, 9.17) is 4.74 Å². The Bertz CT molecular complexity index is 698. The Kier molecular flexibility index (Phi) is 5.10. The van der Waals surface area contributed by atoms with E-state index in [1.807, 2.05) is 28.9 Å². The maximum atomic E-state index is 11.7. The lowest BCUT2D eigenvalue weighted by Crippen LogP contribution is -2.37. The molecule has 1 aromatic heterocycles. The molecule has 1 aliphatic rings. The highest BCUT2D eigenvalue weighted by atomic mass is 16.5. The van der Waals surface area contributed by atoms with Gasteiger partial charge in [0.2, 0.25) is 0 Å². The van der Waals surface area contributed by atoms with Crippen LogP contribution in [-0.2, 0) is 24.3 Å². The predicted octanol–water partition coefficient (Wildman–Crippen LogP) is 0.850. The number of hydrogen-bond donors (Lipinski definition) is 1. The van der Waals surface area contributed by atoms with Crippen LogP contribution in [0.3, 0.4) is 0 Å². The largest absolute Gasteiger partial charge is 0.483 e. The molecule has 0 fully saturated rings. The number of amides is 1. The van der Waals surface area contributed by atoms with Crippen LogP contribution in [0.2, 0.25) is 0 Å². The molecule has 0 saturated carbocycles. The highest BCUT2D eigenvalue weighted by Crippen LogP contribution is 2.19. The van der Waals surface area contributed by atoms with Gasteiger partial charge in [0.25, 0.3) is 5.91 Å². The monoisotopic (exact) mass is 329 g/mol. The Hall–Kier alpha value is -2.41. The van der Waals surface area contributed by atoms with Crippen LogP contribution < -0.4 is 10.1 Å². The maximum Gasteiger partial charge on any atom is 0.259 e. The number of benzene rings is 1. The first-order valence-electron chi connectivity index (χ1n) is 8.14. The van der Waals surface area contributed by atoms with E-state index in [1.165, 1.54) is 4.90 Å². The van der Waals surface area contributed by atoms with E-state index < -0.39 is 0 Å². The fraction of sp³-hybridized carbons (Fsp3) is 0.471. The summed E-state index contributed by atoms with van der Waals surface area (Å²) in [4.78, 5) is 17.5. The van der Waals surface area contributed by atoms with Crippen molar-refractivity contribution in [2.24, 2.45) is 0 Å². The minimum atomic E-state index is -0.0521. The van der Waals surface area contributed by atoms with Crippen LogP contribution in [-0.4, -0.2) is 52.3 Å². The summed E-state index contributed by atoms with van der Waals surface area (Å²) in [7, 11) is 3.45. The first-order valence-corrected chi connectivity index (χ1v) is 8.14. The van der Waals surface area contributed by atoms with E-state index in [1.54, 1.807) is 20.4 Å². The summed E-state index contributed by atoms with van der Waals surface area (Å²) in [5.74, 6) is 1.75. The molecule has 0 bridgehead atoms. The van der Waals surface area contributed by atoms with Crippen molar-refractivity contribution in [1.29, 1.82) is 0 Å². The minimum Gasteiger partial charge on any atom is -0.483 e. The minimum absolute atomic E-state index is 0.0513. The van der Waals surface area contributed by atoms with E-state index in [9.17, 15) is 4.79 Å². The molecule has 2 heterocycles. The Labute approximate surface area is 141 Å². The number of rotatable bonds is 6. The van der Waals surface area contributed by atoms with Crippen molar-refractivity contribution in [3.05, 3.63) is 42.0 Å². The second-order valence-corrected chi connectivity index (χ2v) is 6.16. The van der Waals surface area contributed by atoms with Gasteiger partial charge in [-0.05, 0) is 12.5 Å². The number of aryl methyl sites for hydroxylation is 1. The summed E-state index contributed by atoms with van der Waals surface area (Å²) in [5, 5.41) is 7.80. The number of para-hydroxylation sites is 1. The molecule has 7 heteroatoms. The summed E-state index contributed by atoms with van der Waals surface area (Å²) in [5.41, 5.74) is 1.05. The van der Waals surface area contributed by atoms with Gasteiger partial charge in [0.05, 0.1) is 6.54 Å². The Morgan fingerprint density at radius 2 is 2.25 bits per heavy atom. The number of carbonyl (C=O) groups excluding carboxylic acids is 1. The second kappa shape index (κ2) is 7.44. The summed E-state index contributed by atoms with van der Waals surface area (Å²) < 4.78 is 7.64. The van der Waals surface area contributed by atoms with Gasteiger partial charge in [-0.1, -0.05) is 18.2 Å². The van der Waals surface area contributed by atoms with E-state index in [0.717, 1.165) is 36.5 Å². The molecule has 24 heavy (non-hydrogen) atoms. The van der Waals surface area contributed by atoms with Crippen molar-refractivity contribution in [2.45, 2.75) is 32.0 Å². The lowest BCUT2D eigenvalue weighted by Gasteiger charge is -2.24. The van der Waals surface area contributed by atoms with Gasteiger partial charge in [0.15, 0.2) is 6.61 Å². The van der Waals surface area contributed by atoms with Crippen LogP contribution in [0.5, 0.6) is 5.75 Å². The number of likely N-dealkylation sites (N-methyl/N-ethyl adjacent to an activating group) is 1.